The van der Waals surface area contributed by atoms with E-state index in [2.05, 4.69) is 26.6 Å². The first-order valence-corrected chi connectivity index (χ1v) is 9.61. The fraction of sp³-hybridized carbons (Fsp3) is 1.00. The van der Waals surface area contributed by atoms with E-state index >= 15 is 0 Å². The Balaban J connectivity index is 2.35. The predicted octanol–water partition coefficient (Wildman–Crippen LogP) is 4.20. The van der Waals surface area contributed by atoms with Gasteiger partial charge in [0.25, 0.3) is 0 Å². The second kappa shape index (κ2) is 5.31. The van der Waals surface area contributed by atoms with E-state index in [9.17, 15) is 0 Å². The van der Waals surface area contributed by atoms with Gasteiger partial charge in [0.15, 0.2) is 8.32 Å². The summed E-state index contributed by atoms with van der Waals surface area (Å²) in [5, 5.41) is 0. The Morgan fingerprint density at radius 2 is 1.93 bits per heavy atom. The molecule has 0 amide bonds. The van der Waals surface area contributed by atoms with Crippen LogP contribution in [0.1, 0.15) is 45.4 Å². The molecule has 1 nitrogen and oxygen atoms in total. The maximum atomic E-state index is 6.25. The molecule has 84 valence electrons. The monoisotopic (exact) mass is 214 g/mol. The molecule has 0 aromatic carbocycles. The lowest BCUT2D eigenvalue weighted by Gasteiger charge is -2.27. The molecule has 1 fully saturated rings. The molecule has 0 saturated heterocycles. The van der Waals surface area contributed by atoms with E-state index in [0.29, 0.717) is 6.10 Å². The minimum atomic E-state index is -1.30. The van der Waals surface area contributed by atoms with Gasteiger partial charge in [-0.15, -0.1) is 0 Å². The van der Waals surface area contributed by atoms with Crippen LogP contribution in [-0.4, -0.2) is 14.4 Å². The molecule has 14 heavy (non-hydrogen) atoms. The Morgan fingerprint density at radius 3 is 2.50 bits per heavy atom. The minimum absolute atomic E-state index is 0.605. The summed E-state index contributed by atoms with van der Waals surface area (Å²) in [5.74, 6) is 0.877. The molecule has 0 spiro atoms. The SMILES string of the molecule is CCCCC1CCCC1O[Si](C)(C)C. The highest BCUT2D eigenvalue weighted by Gasteiger charge is 2.31. The smallest absolute Gasteiger partial charge is 0.184 e. The zero-order valence-electron chi connectivity index (χ0n) is 10.3. The first-order valence-electron chi connectivity index (χ1n) is 6.21. The molecule has 0 aliphatic heterocycles. The van der Waals surface area contributed by atoms with Crippen molar-refractivity contribution in [2.75, 3.05) is 0 Å². The molecule has 2 unspecified atom stereocenters. The van der Waals surface area contributed by atoms with E-state index in [1.165, 1.54) is 38.5 Å². The molecular formula is C12H26OSi. The van der Waals surface area contributed by atoms with Gasteiger partial charge in [-0.05, 0) is 44.8 Å². The van der Waals surface area contributed by atoms with E-state index in [-0.39, 0.29) is 0 Å². The Bertz CT molecular complexity index is 162. The van der Waals surface area contributed by atoms with Crippen molar-refractivity contribution in [3.8, 4) is 0 Å². The lowest BCUT2D eigenvalue weighted by molar-refractivity contribution is 0.144. The second-order valence-corrected chi connectivity index (χ2v) is 10.1. The fourth-order valence-electron chi connectivity index (χ4n) is 2.41. The summed E-state index contributed by atoms with van der Waals surface area (Å²) in [6.07, 6.45) is 8.84. The average molecular weight is 214 g/mol. The minimum Gasteiger partial charge on any atom is -0.414 e. The van der Waals surface area contributed by atoms with Crippen LogP contribution in [0.3, 0.4) is 0 Å². The third-order valence-electron chi connectivity index (χ3n) is 3.02. The van der Waals surface area contributed by atoms with Gasteiger partial charge in [-0.3, -0.25) is 0 Å². The van der Waals surface area contributed by atoms with Gasteiger partial charge in [-0.1, -0.05) is 26.2 Å². The largest absolute Gasteiger partial charge is 0.414 e. The quantitative estimate of drug-likeness (QED) is 0.623. The van der Waals surface area contributed by atoms with Crippen LogP contribution in [-0.2, 0) is 4.43 Å². The molecule has 0 heterocycles. The van der Waals surface area contributed by atoms with Gasteiger partial charge in [0.1, 0.15) is 0 Å². The highest BCUT2D eigenvalue weighted by atomic mass is 28.4. The summed E-state index contributed by atoms with van der Waals surface area (Å²) in [6, 6.07) is 0. The summed E-state index contributed by atoms with van der Waals surface area (Å²) in [5.41, 5.74) is 0. The molecule has 0 N–H and O–H groups in total. The first kappa shape index (κ1) is 12.2. The Morgan fingerprint density at radius 1 is 1.21 bits per heavy atom. The van der Waals surface area contributed by atoms with Crippen molar-refractivity contribution >= 4 is 8.32 Å². The summed E-state index contributed by atoms with van der Waals surface area (Å²) in [4.78, 5) is 0. The first-order chi connectivity index (χ1) is 6.53. The van der Waals surface area contributed by atoms with Crippen LogP contribution >= 0.6 is 0 Å². The highest BCUT2D eigenvalue weighted by Crippen LogP contribution is 2.33. The maximum Gasteiger partial charge on any atom is 0.184 e. The molecule has 2 atom stereocenters. The van der Waals surface area contributed by atoms with Crippen molar-refractivity contribution in [1.29, 1.82) is 0 Å². The summed E-state index contributed by atoms with van der Waals surface area (Å²) >= 11 is 0. The van der Waals surface area contributed by atoms with Crippen molar-refractivity contribution in [3.05, 3.63) is 0 Å². The lowest BCUT2D eigenvalue weighted by atomic mass is 9.99. The van der Waals surface area contributed by atoms with Gasteiger partial charge in [-0.2, -0.15) is 0 Å². The third-order valence-corrected chi connectivity index (χ3v) is 4.03. The summed E-state index contributed by atoms with van der Waals surface area (Å²) < 4.78 is 6.25. The molecule has 0 aromatic rings. The van der Waals surface area contributed by atoms with Crippen LogP contribution in [0.25, 0.3) is 0 Å². The van der Waals surface area contributed by atoms with Crippen molar-refractivity contribution in [1.82, 2.24) is 0 Å². The molecule has 1 rings (SSSR count). The Kier molecular flexibility index (Phi) is 4.65. The molecule has 0 aromatic heterocycles. The lowest BCUT2D eigenvalue weighted by Crippen LogP contribution is -2.33. The number of hydrogen-bond donors (Lipinski definition) is 0. The third kappa shape index (κ3) is 4.14. The number of hydrogen-bond acceptors (Lipinski definition) is 1. The van der Waals surface area contributed by atoms with Crippen molar-refractivity contribution in [3.63, 3.8) is 0 Å². The number of unbranched alkanes of at least 4 members (excludes halogenated alkanes) is 1. The van der Waals surface area contributed by atoms with E-state index in [4.69, 9.17) is 4.43 Å². The van der Waals surface area contributed by atoms with Crippen molar-refractivity contribution in [2.45, 2.75) is 71.2 Å². The second-order valence-electron chi connectivity index (χ2n) is 5.60. The van der Waals surface area contributed by atoms with E-state index in [1.807, 2.05) is 0 Å². The molecule has 2 heteroatoms. The van der Waals surface area contributed by atoms with Crippen LogP contribution in [0.15, 0.2) is 0 Å². The fourth-order valence-corrected chi connectivity index (χ4v) is 3.63. The van der Waals surface area contributed by atoms with Crippen molar-refractivity contribution < 1.29 is 4.43 Å². The van der Waals surface area contributed by atoms with Crippen LogP contribution in [0.2, 0.25) is 19.6 Å². The zero-order chi connectivity index (χ0) is 10.6. The standard InChI is InChI=1S/C12H26OSi/c1-5-6-8-11-9-7-10-12(11)13-14(2,3)4/h11-12H,5-10H2,1-4H3. The van der Waals surface area contributed by atoms with E-state index in [1.54, 1.807) is 0 Å². The van der Waals surface area contributed by atoms with Gasteiger partial charge in [0.05, 0.1) is 0 Å². The van der Waals surface area contributed by atoms with Crippen LogP contribution < -0.4 is 0 Å². The molecule has 1 aliphatic rings. The summed E-state index contributed by atoms with van der Waals surface area (Å²) in [7, 11) is -1.30. The van der Waals surface area contributed by atoms with Crippen LogP contribution in [0.5, 0.6) is 0 Å². The van der Waals surface area contributed by atoms with Crippen LogP contribution in [0, 0.1) is 5.92 Å². The predicted molar refractivity (Wildman–Crippen MR) is 65.1 cm³/mol. The van der Waals surface area contributed by atoms with Crippen molar-refractivity contribution in [2.24, 2.45) is 5.92 Å². The van der Waals surface area contributed by atoms with E-state index in [0.717, 1.165) is 5.92 Å². The number of rotatable bonds is 5. The molecule has 1 saturated carbocycles. The topological polar surface area (TPSA) is 9.23 Å². The molecule has 0 radical (unpaired) electrons. The normalized spacial score (nSPS) is 28.3. The van der Waals surface area contributed by atoms with Gasteiger partial charge in [0.2, 0.25) is 0 Å². The average Bonchev–Trinajstić information content (AvgIpc) is 2.45. The maximum absolute atomic E-state index is 6.25. The van der Waals surface area contributed by atoms with Crippen LogP contribution in [0.4, 0.5) is 0 Å². The molecular weight excluding hydrogens is 188 g/mol. The van der Waals surface area contributed by atoms with Gasteiger partial charge in [0, 0.05) is 6.10 Å². The zero-order valence-corrected chi connectivity index (χ0v) is 11.3. The van der Waals surface area contributed by atoms with E-state index < -0.39 is 8.32 Å². The molecule has 0 bridgehead atoms. The van der Waals surface area contributed by atoms with Gasteiger partial charge < -0.3 is 4.43 Å². The molecule has 1 aliphatic carbocycles. The van der Waals surface area contributed by atoms with Gasteiger partial charge in [-0.25, -0.2) is 0 Å². The Hall–Kier alpha value is 0.177. The van der Waals surface area contributed by atoms with Gasteiger partial charge >= 0.3 is 0 Å². The Labute approximate surface area is 90.4 Å². The highest BCUT2D eigenvalue weighted by molar-refractivity contribution is 6.69. The summed E-state index contributed by atoms with van der Waals surface area (Å²) in [6.45, 7) is 9.20.